The molecule has 0 saturated carbocycles. The highest BCUT2D eigenvalue weighted by molar-refractivity contribution is 6.02. The van der Waals surface area contributed by atoms with Gasteiger partial charge in [0, 0.05) is 5.56 Å². The molecule has 2 amide bonds. The molecule has 178 valence electrons. The highest BCUT2D eigenvalue weighted by Crippen LogP contribution is 2.38. The number of methoxy groups -OCH3 is 1. The maximum atomic E-state index is 13.8. The Labute approximate surface area is 200 Å². The van der Waals surface area contributed by atoms with Crippen LogP contribution in [0.5, 0.6) is 11.5 Å². The van der Waals surface area contributed by atoms with Crippen molar-refractivity contribution in [3.63, 3.8) is 0 Å². The first kappa shape index (κ1) is 23.6. The fraction of sp³-hybridized carbons (Fsp3) is 0.333. The van der Waals surface area contributed by atoms with Gasteiger partial charge >= 0.3 is 0 Å². The van der Waals surface area contributed by atoms with Crippen LogP contribution in [-0.4, -0.2) is 44.7 Å². The number of hydrogen-bond acceptors (Lipinski definition) is 5. The number of amides is 2. The van der Waals surface area contributed by atoms with Crippen molar-refractivity contribution in [1.29, 1.82) is 0 Å². The number of carbonyl (C=O) groups excluding carboxylic acids is 2. The summed E-state index contributed by atoms with van der Waals surface area (Å²) in [5, 5.41) is 7.85. The summed E-state index contributed by atoms with van der Waals surface area (Å²) in [7, 11) is 3.34. The number of benzene rings is 3. The Balaban J connectivity index is 1.80. The van der Waals surface area contributed by atoms with Crippen LogP contribution in [0.3, 0.4) is 0 Å². The molecule has 1 aliphatic heterocycles. The van der Waals surface area contributed by atoms with E-state index in [1.807, 2.05) is 37.3 Å². The van der Waals surface area contributed by atoms with Crippen LogP contribution < -0.4 is 25.0 Å². The molecular formula is C27H31N3O4. The van der Waals surface area contributed by atoms with Crippen molar-refractivity contribution in [1.82, 2.24) is 10.6 Å². The van der Waals surface area contributed by atoms with Gasteiger partial charge in [-0.2, -0.15) is 0 Å². The Kier molecular flexibility index (Phi) is 6.75. The van der Waals surface area contributed by atoms with Crippen LogP contribution in [0, 0.1) is 13.8 Å². The maximum absolute atomic E-state index is 13.8. The van der Waals surface area contributed by atoms with Crippen molar-refractivity contribution in [2.45, 2.75) is 39.4 Å². The number of ether oxygens (including phenoxy) is 2. The standard InChI is InChI=1S/C27H31N3O4/c1-16-9-11-20-19(13-16)10-12-24(33-5)21(20)14-30-23-8-6-7-17(2)25(23)34-15-22(27(30)32)29-26(31)18(3)28-4/h6-13,18,22,28H,14-15H2,1-5H3,(H,29,31)/t18-,22?/m0/s1. The van der Waals surface area contributed by atoms with Gasteiger partial charge in [-0.05, 0) is 56.3 Å². The van der Waals surface area contributed by atoms with E-state index in [-0.39, 0.29) is 25.0 Å². The molecule has 4 rings (SSSR count). The van der Waals surface area contributed by atoms with Crippen LogP contribution in [0.2, 0.25) is 0 Å². The van der Waals surface area contributed by atoms with Gasteiger partial charge in [-0.15, -0.1) is 0 Å². The van der Waals surface area contributed by atoms with Crippen LogP contribution in [0.1, 0.15) is 23.6 Å². The van der Waals surface area contributed by atoms with Crippen molar-refractivity contribution in [3.05, 3.63) is 65.2 Å². The summed E-state index contributed by atoms with van der Waals surface area (Å²) in [6.07, 6.45) is 0. The predicted octanol–water partition coefficient (Wildman–Crippen LogP) is 3.48. The van der Waals surface area contributed by atoms with E-state index in [0.717, 1.165) is 27.5 Å². The molecule has 0 saturated heterocycles. The summed E-state index contributed by atoms with van der Waals surface area (Å²) in [6.45, 7) is 6.08. The van der Waals surface area contributed by atoms with E-state index in [4.69, 9.17) is 9.47 Å². The molecule has 0 aliphatic carbocycles. The molecule has 2 atom stereocenters. The van der Waals surface area contributed by atoms with Crippen LogP contribution in [0.25, 0.3) is 10.8 Å². The monoisotopic (exact) mass is 461 g/mol. The normalized spacial score (nSPS) is 16.4. The van der Waals surface area contributed by atoms with Crippen molar-refractivity contribution < 1.29 is 19.1 Å². The lowest BCUT2D eigenvalue weighted by molar-refractivity contribution is -0.129. The average molecular weight is 462 g/mol. The topological polar surface area (TPSA) is 79.9 Å². The van der Waals surface area contributed by atoms with Gasteiger partial charge in [-0.1, -0.05) is 42.0 Å². The Morgan fingerprint density at radius 2 is 2.00 bits per heavy atom. The van der Waals surface area contributed by atoms with Gasteiger partial charge < -0.3 is 25.0 Å². The number of para-hydroxylation sites is 1. The Morgan fingerprint density at radius 1 is 1.21 bits per heavy atom. The van der Waals surface area contributed by atoms with Gasteiger partial charge in [0.1, 0.15) is 24.1 Å². The van der Waals surface area contributed by atoms with Gasteiger partial charge in [0.15, 0.2) is 0 Å². The summed E-state index contributed by atoms with van der Waals surface area (Å²) in [4.78, 5) is 28.1. The van der Waals surface area contributed by atoms with Crippen molar-refractivity contribution in [3.8, 4) is 11.5 Å². The number of anilines is 1. The fourth-order valence-corrected chi connectivity index (χ4v) is 4.28. The molecule has 3 aromatic carbocycles. The second kappa shape index (κ2) is 9.73. The predicted molar refractivity (Wildman–Crippen MR) is 134 cm³/mol. The van der Waals surface area contributed by atoms with Crippen molar-refractivity contribution in [2.24, 2.45) is 0 Å². The van der Waals surface area contributed by atoms with E-state index >= 15 is 0 Å². The maximum Gasteiger partial charge on any atom is 0.253 e. The van der Waals surface area contributed by atoms with Gasteiger partial charge in [-0.3, -0.25) is 9.59 Å². The number of rotatable bonds is 6. The largest absolute Gasteiger partial charge is 0.496 e. The highest BCUT2D eigenvalue weighted by Gasteiger charge is 2.34. The molecule has 0 aromatic heterocycles. The lowest BCUT2D eigenvalue weighted by atomic mass is 10.0. The Bertz CT molecular complexity index is 1240. The number of likely N-dealkylation sites (N-methyl/N-ethyl adjacent to an activating group) is 1. The van der Waals surface area contributed by atoms with E-state index in [1.54, 1.807) is 26.0 Å². The minimum atomic E-state index is -0.821. The summed E-state index contributed by atoms with van der Waals surface area (Å²) in [6, 6.07) is 14.7. The van der Waals surface area contributed by atoms with Gasteiger partial charge in [0.2, 0.25) is 5.91 Å². The lowest BCUT2D eigenvalue weighted by Gasteiger charge is -2.27. The summed E-state index contributed by atoms with van der Waals surface area (Å²) >= 11 is 0. The third kappa shape index (κ3) is 4.43. The molecule has 2 N–H and O–H groups in total. The molecule has 0 fully saturated rings. The van der Waals surface area contributed by atoms with Gasteiger partial charge in [0.25, 0.3) is 5.91 Å². The molecule has 7 heteroatoms. The molecule has 34 heavy (non-hydrogen) atoms. The SMILES string of the molecule is CN[C@@H](C)C(=O)NC1COc2c(C)cccc2N(Cc2c(OC)ccc3cc(C)ccc23)C1=O. The first-order valence-electron chi connectivity index (χ1n) is 11.4. The second-order valence-electron chi connectivity index (χ2n) is 8.70. The summed E-state index contributed by atoms with van der Waals surface area (Å²) in [5.74, 6) is 0.856. The van der Waals surface area contributed by atoms with E-state index in [9.17, 15) is 9.59 Å². The van der Waals surface area contributed by atoms with E-state index in [2.05, 4.69) is 35.8 Å². The van der Waals surface area contributed by atoms with E-state index < -0.39 is 12.1 Å². The summed E-state index contributed by atoms with van der Waals surface area (Å²) in [5.41, 5.74) is 3.66. The lowest BCUT2D eigenvalue weighted by Crippen LogP contribution is -2.53. The third-order valence-corrected chi connectivity index (χ3v) is 6.36. The first-order chi connectivity index (χ1) is 16.3. The molecule has 0 spiro atoms. The number of nitrogens with zero attached hydrogens (tertiary/aromatic N) is 1. The molecule has 7 nitrogen and oxygen atoms in total. The number of fused-ring (bicyclic) bond motifs is 2. The highest BCUT2D eigenvalue weighted by atomic mass is 16.5. The zero-order valence-electron chi connectivity index (χ0n) is 20.3. The summed E-state index contributed by atoms with van der Waals surface area (Å²) < 4.78 is 11.8. The Morgan fingerprint density at radius 3 is 2.74 bits per heavy atom. The number of nitrogens with one attached hydrogen (secondary N) is 2. The second-order valence-corrected chi connectivity index (χ2v) is 8.70. The van der Waals surface area contributed by atoms with Crippen LogP contribution in [-0.2, 0) is 16.1 Å². The third-order valence-electron chi connectivity index (χ3n) is 6.36. The number of aryl methyl sites for hydroxylation is 2. The van der Waals surface area contributed by atoms with Gasteiger partial charge in [-0.25, -0.2) is 0 Å². The van der Waals surface area contributed by atoms with Crippen LogP contribution >= 0.6 is 0 Å². The average Bonchev–Trinajstić information content (AvgIpc) is 2.96. The molecule has 1 unspecified atom stereocenters. The molecular weight excluding hydrogens is 430 g/mol. The molecule has 1 aliphatic rings. The van der Waals surface area contributed by atoms with Crippen molar-refractivity contribution in [2.75, 3.05) is 25.7 Å². The van der Waals surface area contributed by atoms with Gasteiger partial charge in [0.05, 0.1) is 25.4 Å². The molecule has 0 radical (unpaired) electrons. The fourth-order valence-electron chi connectivity index (χ4n) is 4.28. The zero-order valence-corrected chi connectivity index (χ0v) is 20.3. The van der Waals surface area contributed by atoms with Crippen molar-refractivity contribution >= 4 is 28.3 Å². The first-order valence-corrected chi connectivity index (χ1v) is 11.4. The molecule has 0 bridgehead atoms. The Hall–Kier alpha value is -3.58. The van der Waals surface area contributed by atoms with Crippen LogP contribution in [0.15, 0.2) is 48.5 Å². The van der Waals surface area contributed by atoms with E-state index in [1.165, 1.54) is 0 Å². The zero-order chi connectivity index (χ0) is 24.4. The number of carbonyl (C=O) groups is 2. The minimum absolute atomic E-state index is 0.0568. The smallest absolute Gasteiger partial charge is 0.253 e. The minimum Gasteiger partial charge on any atom is -0.496 e. The van der Waals surface area contributed by atoms with E-state index in [0.29, 0.717) is 17.2 Å². The van der Waals surface area contributed by atoms with Crippen LogP contribution in [0.4, 0.5) is 5.69 Å². The molecule has 1 heterocycles. The quantitative estimate of drug-likeness (QED) is 0.588. The molecule has 3 aromatic rings. The number of hydrogen-bond donors (Lipinski definition) is 2.